The van der Waals surface area contributed by atoms with Gasteiger partial charge in [-0.1, -0.05) is 6.07 Å². The summed E-state index contributed by atoms with van der Waals surface area (Å²) in [5.74, 6) is 0. The number of urea groups is 1. The lowest BCUT2D eigenvalue weighted by molar-refractivity contribution is 0.187. The zero-order chi connectivity index (χ0) is 14.8. The number of aryl methyl sites for hydroxylation is 1. The van der Waals surface area contributed by atoms with Crippen LogP contribution in [0.1, 0.15) is 20.8 Å². The summed E-state index contributed by atoms with van der Waals surface area (Å²) in [5, 5.41) is 15.8. The van der Waals surface area contributed by atoms with Crippen LogP contribution in [0.3, 0.4) is 0 Å². The van der Waals surface area contributed by atoms with Crippen molar-refractivity contribution in [3.05, 3.63) is 30.5 Å². The van der Waals surface area contributed by atoms with Gasteiger partial charge in [-0.05, 0) is 44.4 Å². The second-order valence-corrected chi connectivity index (χ2v) is 5.50. The molecule has 0 saturated heterocycles. The lowest BCUT2D eigenvalue weighted by atomic mass is 10.1. The quantitative estimate of drug-likeness (QED) is 0.802. The molecule has 2 aromatic rings. The van der Waals surface area contributed by atoms with E-state index in [9.17, 15) is 4.79 Å². The highest BCUT2D eigenvalue weighted by Crippen LogP contribution is 2.20. The highest BCUT2D eigenvalue weighted by molar-refractivity contribution is 5.93. The van der Waals surface area contributed by atoms with Gasteiger partial charge < -0.3 is 20.3 Å². The van der Waals surface area contributed by atoms with Crippen molar-refractivity contribution in [1.29, 1.82) is 0 Å². The van der Waals surface area contributed by atoms with Gasteiger partial charge in [0.1, 0.15) is 0 Å². The standard InChI is InChI=1S/C15H21N3O2/c1-4-18-8-7-11-5-6-12(9-13(11)18)16-14(20)17-15(2,3)10-19/h5-9,19H,4,10H2,1-3H3,(H2,16,17,20). The van der Waals surface area contributed by atoms with Crippen LogP contribution >= 0.6 is 0 Å². The average Bonchev–Trinajstić information content (AvgIpc) is 2.80. The first-order chi connectivity index (χ1) is 9.45. The molecular formula is C15H21N3O2. The van der Waals surface area contributed by atoms with Crippen LogP contribution in [0.25, 0.3) is 10.9 Å². The van der Waals surface area contributed by atoms with Crippen LogP contribution < -0.4 is 10.6 Å². The summed E-state index contributed by atoms with van der Waals surface area (Å²) in [5.41, 5.74) is 1.18. The third-order valence-electron chi connectivity index (χ3n) is 3.22. The summed E-state index contributed by atoms with van der Waals surface area (Å²) in [7, 11) is 0. The van der Waals surface area contributed by atoms with Crippen molar-refractivity contribution in [2.75, 3.05) is 11.9 Å². The molecule has 0 unspecified atom stereocenters. The second kappa shape index (κ2) is 5.54. The summed E-state index contributed by atoms with van der Waals surface area (Å²) in [6.45, 7) is 6.38. The first-order valence-electron chi connectivity index (χ1n) is 6.74. The molecule has 0 atom stereocenters. The molecule has 0 fully saturated rings. The van der Waals surface area contributed by atoms with E-state index in [2.05, 4.69) is 28.2 Å². The van der Waals surface area contributed by atoms with E-state index in [1.807, 2.05) is 24.4 Å². The maximum atomic E-state index is 11.9. The molecule has 0 aliphatic heterocycles. The van der Waals surface area contributed by atoms with Crippen molar-refractivity contribution in [3.8, 4) is 0 Å². The molecule has 1 aromatic carbocycles. The number of benzene rings is 1. The molecule has 5 nitrogen and oxygen atoms in total. The van der Waals surface area contributed by atoms with Gasteiger partial charge in [-0.25, -0.2) is 4.79 Å². The molecule has 1 heterocycles. The van der Waals surface area contributed by atoms with Gasteiger partial charge >= 0.3 is 6.03 Å². The highest BCUT2D eigenvalue weighted by Gasteiger charge is 2.19. The first-order valence-corrected chi connectivity index (χ1v) is 6.74. The summed E-state index contributed by atoms with van der Waals surface area (Å²) >= 11 is 0. The van der Waals surface area contributed by atoms with E-state index >= 15 is 0 Å². The Morgan fingerprint density at radius 3 is 2.75 bits per heavy atom. The number of aliphatic hydroxyl groups excluding tert-OH is 1. The third kappa shape index (κ3) is 3.11. The topological polar surface area (TPSA) is 66.3 Å². The number of carbonyl (C=O) groups excluding carboxylic acids is 1. The molecule has 0 aliphatic carbocycles. The Balaban J connectivity index is 2.15. The number of nitrogens with zero attached hydrogens (tertiary/aromatic N) is 1. The summed E-state index contributed by atoms with van der Waals surface area (Å²) in [4.78, 5) is 11.9. The Labute approximate surface area is 118 Å². The molecule has 0 radical (unpaired) electrons. The fourth-order valence-electron chi connectivity index (χ4n) is 2.05. The predicted molar refractivity (Wildman–Crippen MR) is 80.9 cm³/mol. The van der Waals surface area contributed by atoms with E-state index in [0.717, 1.165) is 23.1 Å². The minimum Gasteiger partial charge on any atom is -0.394 e. The number of fused-ring (bicyclic) bond motifs is 1. The van der Waals surface area contributed by atoms with Crippen LogP contribution in [0.15, 0.2) is 30.5 Å². The molecule has 2 amide bonds. The van der Waals surface area contributed by atoms with Crippen molar-refractivity contribution in [2.45, 2.75) is 32.9 Å². The van der Waals surface area contributed by atoms with Crippen molar-refractivity contribution in [2.24, 2.45) is 0 Å². The van der Waals surface area contributed by atoms with Crippen LogP contribution in [0.2, 0.25) is 0 Å². The van der Waals surface area contributed by atoms with Crippen LogP contribution in [0, 0.1) is 0 Å². The number of hydrogen-bond donors (Lipinski definition) is 3. The molecule has 0 saturated carbocycles. The van der Waals surface area contributed by atoms with Gasteiger partial charge in [0.2, 0.25) is 0 Å². The average molecular weight is 275 g/mol. The fourth-order valence-corrected chi connectivity index (χ4v) is 2.05. The number of anilines is 1. The largest absolute Gasteiger partial charge is 0.394 e. The molecule has 5 heteroatoms. The van der Waals surface area contributed by atoms with Gasteiger partial charge in [0.25, 0.3) is 0 Å². The normalized spacial score (nSPS) is 11.6. The maximum absolute atomic E-state index is 11.9. The van der Waals surface area contributed by atoms with Gasteiger partial charge in [-0.2, -0.15) is 0 Å². The number of aromatic nitrogens is 1. The van der Waals surface area contributed by atoms with Crippen LogP contribution in [-0.4, -0.2) is 27.9 Å². The monoisotopic (exact) mass is 275 g/mol. The number of rotatable bonds is 4. The molecule has 1 aromatic heterocycles. The molecule has 20 heavy (non-hydrogen) atoms. The zero-order valence-corrected chi connectivity index (χ0v) is 12.1. The Morgan fingerprint density at radius 2 is 2.10 bits per heavy atom. The van der Waals surface area contributed by atoms with E-state index in [4.69, 9.17) is 5.11 Å². The SMILES string of the molecule is CCn1ccc2ccc(NC(=O)NC(C)(C)CO)cc21. The minimum absolute atomic E-state index is 0.113. The summed E-state index contributed by atoms with van der Waals surface area (Å²) in [6.07, 6.45) is 2.03. The first kappa shape index (κ1) is 14.4. The van der Waals surface area contributed by atoms with Crippen molar-refractivity contribution in [3.63, 3.8) is 0 Å². The van der Waals surface area contributed by atoms with Gasteiger partial charge in [-0.3, -0.25) is 0 Å². The number of hydrogen-bond acceptors (Lipinski definition) is 2. The van der Waals surface area contributed by atoms with E-state index in [1.54, 1.807) is 13.8 Å². The molecule has 0 spiro atoms. The van der Waals surface area contributed by atoms with Gasteiger partial charge in [0.05, 0.1) is 17.7 Å². The highest BCUT2D eigenvalue weighted by atomic mass is 16.3. The third-order valence-corrected chi connectivity index (χ3v) is 3.22. The van der Waals surface area contributed by atoms with Crippen molar-refractivity contribution in [1.82, 2.24) is 9.88 Å². The van der Waals surface area contributed by atoms with Crippen molar-refractivity contribution < 1.29 is 9.90 Å². The van der Waals surface area contributed by atoms with E-state index in [1.165, 1.54) is 0 Å². The molecule has 2 rings (SSSR count). The molecule has 0 bridgehead atoms. The number of aliphatic hydroxyl groups is 1. The molecule has 108 valence electrons. The van der Waals surface area contributed by atoms with E-state index < -0.39 is 5.54 Å². The van der Waals surface area contributed by atoms with Crippen LogP contribution in [0.4, 0.5) is 10.5 Å². The minimum atomic E-state index is -0.641. The smallest absolute Gasteiger partial charge is 0.319 e. The van der Waals surface area contributed by atoms with Gasteiger partial charge in [0.15, 0.2) is 0 Å². The molecule has 0 aliphatic rings. The van der Waals surface area contributed by atoms with Crippen molar-refractivity contribution >= 4 is 22.6 Å². The van der Waals surface area contributed by atoms with Crippen LogP contribution in [-0.2, 0) is 6.54 Å². The Bertz CT molecular complexity index is 617. The molecular weight excluding hydrogens is 254 g/mol. The summed E-state index contributed by atoms with van der Waals surface area (Å²) in [6, 6.07) is 7.53. The second-order valence-electron chi connectivity index (χ2n) is 5.50. The predicted octanol–water partition coefficient (Wildman–Crippen LogP) is 2.55. The number of amides is 2. The van der Waals surface area contributed by atoms with Crippen LogP contribution in [0.5, 0.6) is 0 Å². The molecule has 3 N–H and O–H groups in total. The fraction of sp³-hybridized carbons (Fsp3) is 0.400. The number of nitrogens with one attached hydrogen (secondary N) is 2. The van der Waals surface area contributed by atoms with E-state index in [0.29, 0.717) is 0 Å². The summed E-state index contributed by atoms with van der Waals surface area (Å²) < 4.78 is 2.12. The maximum Gasteiger partial charge on any atom is 0.319 e. The Hall–Kier alpha value is -2.01. The van der Waals surface area contributed by atoms with Gasteiger partial charge in [-0.15, -0.1) is 0 Å². The Kier molecular flexibility index (Phi) is 3.99. The zero-order valence-electron chi connectivity index (χ0n) is 12.1. The lowest BCUT2D eigenvalue weighted by Gasteiger charge is -2.23. The van der Waals surface area contributed by atoms with Gasteiger partial charge in [0, 0.05) is 18.4 Å². The van der Waals surface area contributed by atoms with E-state index in [-0.39, 0.29) is 12.6 Å². The lowest BCUT2D eigenvalue weighted by Crippen LogP contribution is -2.48. The number of carbonyl (C=O) groups is 1. The Morgan fingerprint density at radius 1 is 1.35 bits per heavy atom.